The lowest BCUT2D eigenvalue weighted by Crippen LogP contribution is -2.25. The van der Waals surface area contributed by atoms with Crippen molar-refractivity contribution in [2.75, 3.05) is 5.32 Å². The van der Waals surface area contributed by atoms with Gasteiger partial charge in [0.2, 0.25) is 0 Å². The number of carbonyl (C=O) groups is 1. The number of nitrogens with one attached hydrogen (secondary N) is 1. The molecule has 2 rings (SSSR count). The molecule has 2 aromatic rings. The second-order valence-electron chi connectivity index (χ2n) is 7.73. The molecule has 0 aromatic heterocycles. The quantitative estimate of drug-likeness (QED) is 0.760. The number of rotatable bonds is 2. The molecule has 0 atom stereocenters. The van der Waals surface area contributed by atoms with E-state index in [2.05, 4.69) is 44.3 Å². The molecule has 0 bridgehead atoms. The van der Waals surface area contributed by atoms with E-state index in [9.17, 15) is 4.79 Å². The molecule has 21 heavy (non-hydrogen) atoms. The highest BCUT2D eigenvalue weighted by molar-refractivity contribution is 6.03. The Balaban J connectivity index is 2.38. The minimum Gasteiger partial charge on any atom is -0.380 e. The normalized spacial score (nSPS) is 12.5. The summed E-state index contributed by atoms with van der Waals surface area (Å²) in [5, 5.41) is 5.72. The smallest absolute Gasteiger partial charge is 0.168 e. The second-order valence-corrected chi connectivity index (χ2v) is 7.73. The van der Waals surface area contributed by atoms with Crippen LogP contribution in [0.2, 0.25) is 0 Å². The van der Waals surface area contributed by atoms with E-state index in [1.165, 1.54) is 0 Å². The van der Waals surface area contributed by atoms with E-state index < -0.39 is 0 Å². The summed E-state index contributed by atoms with van der Waals surface area (Å²) in [6, 6.07) is 12.2. The zero-order valence-corrected chi connectivity index (χ0v) is 13.9. The third kappa shape index (κ3) is 3.84. The van der Waals surface area contributed by atoms with Gasteiger partial charge in [0.05, 0.1) is 0 Å². The molecular weight excluding hydrogens is 258 g/mol. The Kier molecular flexibility index (Phi) is 3.83. The number of carbonyl (C=O) groups excluding carboxylic acids is 1. The van der Waals surface area contributed by atoms with Gasteiger partial charge in [-0.3, -0.25) is 4.79 Å². The fraction of sp³-hybridized carbons (Fsp3) is 0.421. The van der Waals surface area contributed by atoms with Crippen LogP contribution in [-0.2, 0) is 0 Å². The van der Waals surface area contributed by atoms with E-state index in [-0.39, 0.29) is 16.7 Å². The summed E-state index contributed by atoms with van der Waals surface area (Å²) in [4.78, 5) is 12.4. The number of anilines is 1. The first-order valence-electron chi connectivity index (χ1n) is 7.43. The summed E-state index contributed by atoms with van der Waals surface area (Å²) in [6.45, 7) is 12.3. The van der Waals surface area contributed by atoms with Crippen molar-refractivity contribution in [3.8, 4) is 0 Å². The predicted molar refractivity (Wildman–Crippen MR) is 91.1 cm³/mol. The maximum absolute atomic E-state index is 12.4. The number of Topliss-reactive ketones (excluding diaryl/α,β-unsaturated/α-hetero) is 1. The molecule has 0 saturated heterocycles. The average molecular weight is 283 g/mol. The van der Waals surface area contributed by atoms with Crippen LogP contribution in [0.3, 0.4) is 0 Å². The van der Waals surface area contributed by atoms with Crippen LogP contribution in [0, 0.1) is 5.41 Å². The first-order chi connectivity index (χ1) is 9.56. The van der Waals surface area contributed by atoms with Crippen molar-refractivity contribution < 1.29 is 4.79 Å². The number of benzene rings is 2. The predicted octanol–water partition coefficient (Wildman–Crippen LogP) is 5.28. The van der Waals surface area contributed by atoms with Gasteiger partial charge in [-0.2, -0.15) is 0 Å². The SMILES string of the molecule is CC(C)(C)Nc1ccc2cc(C(=O)C(C)(C)C)ccc2c1. The Morgan fingerprint density at radius 1 is 0.857 bits per heavy atom. The first kappa shape index (κ1) is 15.6. The van der Waals surface area contributed by atoms with Crippen molar-refractivity contribution in [1.29, 1.82) is 0 Å². The molecule has 0 aliphatic heterocycles. The van der Waals surface area contributed by atoms with Crippen molar-refractivity contribution in [2.24, 2.45) is 5.41 Å². The second kappa shape index (κ2) is 5.18. The molecule has 112 valence electrons. The molecule has 0 aliphatic carbocycles. The highest BCUT2D eigenvalue weighted by Gasteiger charge is 2.22. The highest BCUT2D eigenvalue weighted by atomic mass is 16.1. The molecule has 2 nitrogen and oxygen atoms in total. The van der Waals surface area contributed by atoms with E-state index >= 15 is 0 Å². The molecule has 0 aliphatic rings. The number of ketones is 1. The number of fused-ring (bicyclic) bond motifs is 1. The fourth-order valence-corrected chi connectivity index (χ4v) is 2.33. The van der Waals surface area contributed by atoms with Crippen LogP contribution in [0.1, 0.15) is 51.9 Å². The van der Waals surface area contributed by atoms with Gasteiger partial charge in [0.25, 0.3) is 0 Å². The van der Waals surface area contributed by atoms with Crippen LogP contribution in [0.25, 0.3) is 10.8 Å². The van der Waals surface area contributed by atoms with E-state index in [1.807, 2.05) is 39.0 Å². The van der Waals surface area contributed by atoms with Gasteiger partial charge in [-0.05, 0) is 49.7 Å². The Bertz CT molecular complexity index is 672. The van der Waals surface area contributed by atoms with Gasteiger partial charge < -0.3 is 5.32 Å². The van der Waals surface area contributed by atoms with Gasteiger partial charge in [-0.1, -0.05) is 39.0 Å². The molecule has 2 aromatic carbocycles. The third-order valence-corrected chi connectivity index (χ3v) is 3.30. The lowest BCUT2D eigenvalue weighted by Gasteiger charge is -2.22. The highest BCUT2D eigenvalue weighted by Crippen LogP contribution is 2.26. The maximum atomic E-state index is 12.4. The van der Waals surface area contributed by atoms with Gasteiger partial charge in [0, 0.05) is 22.2 Å². The van der Waals surface area contributed by atoms with Crippen molar-refractivity contribution in [3.63, 3.8) is 0 Å². The molecule has 0 unspecified atom stereocenters. The van der Waals surface area contributed by atoms with E-state index in [4.69, 9.17) is 0 Å². The molecule has 0 spiro atoms. The van der Waals surface area contributed by atoms with Crippen molar-refractivity contribution in [2.45, 2.75) is 47.1 Å². The van der Waals surface area contributed by atoms with Crippen molar-refractivity contribution >= 4 is 22.2 Å². The molecule has 0 fully saturated rings. The average Bonchev–Trinajstić information content (AvgIpc) is 2.34. The zero-order valence-electron chi connectivity index (χ0n) is 13.9. The summed E-state index contributed by atoms with van der Waals surface area (Å²) in [5.74, 6) is 0.182. The van der Waals surface area contributed by atoms with E-state index in [0.29, 0.717) is 0 Å². The fourth-order valence-electron chi connectivity index (χ4n) is 2.33. The maximum Gasteiger partial charge on any atom is 0.168 e. The summed E-state index contributed by atoms with van der Waals surface area (Å²) in [7, 11) is 0. The summed E-state index contributed by atoms with van der Waals surface area (Å²) in [6.07, 6.45) is 0. The molecule has 0 radical (unpaired) electrons. The van der Waals surface area contributed by atoms with Gasteiger partial charge >= 0.3 is 0 Å². The monoisotopic (exact) mass is 283 g/mol. The number of hydrogen-bond acceptors (Lipinski definition) is 2. The van der Waals surface area contributed by atoms with Gasteiger partial charge in [0.15, 0.2) is 5.78 Å². The number of hydrogen-bond donors (Lipinski definition) is 1. The summed E-state index contributed by atoms with van der Waals surface area (Å²) < 4.78 is 0. The lowest BCUT2D eigenvalue weighted by molar-refractivity contribution is 0.0858. The van der Waals surface area contributed by atoms with Crippen LogP contribution < -0.4 is 5.32 Å². The molecule has 2 heteroatoms. The van der Waals surface area contributed by atoms with Crippen molar-refractivity contribution in [3.05, 3.63) is 42.0 Å². The zero-order chi connectivity index (χ0) is 15.8. The summed E-state index contributed by atoms with van der Waals surface area (Å²) >= 11 is 0. The van der Waals surface area contributed by atoms with Gasteiger partial charge in [0.1, 0.15) is 0 Å². The minimum absolute atomic E-state index is 0.0375. The van der Waals surface area contributed by atoms with Gasteiger partial charge in [-0.25, -0.2) is 0 Å². The Morgan fingerprint density at radius 3 is 2.00 bits per heavy atom. The van der Waals surface area contributed by atoms with Crippen LogP contribution in [0.15, 0.2) is 36.4 Å². The largest absolute Gasteiger partial charge is 0.380 e. The van der Waals surface area contributed by atoms with Gasteiger partial charge in [-0.15, -0.1) is 0 Å². The molecule has 0 saturated carbocycles. The Labute approximate surface area is 127 Å². The minimum atomic E-state index is -0.346. The van der Waals surface area contributed by atoms with Crippen molar-refractivity contribution in [1.82, 2.24) is 0 Å². The molecular formula is C19H25NO. The van der Waals surface area contributed by atoms with Crippen LogP contribution in [0.4, 0.5) is 5.69 Å². The van der Waals surface area contributed by atoms with E-state index in [1.54, 1.807) is 0 Å². The topological polar surface area (TPSA) is 29.1 Å². The Morgan fingerprint density at radius 2 is 1.43 bits per heavy atom. The molecule has 0 amide bonds. The van der Waals surface area contributed by atoms with Crippen LogP contribution in [-0.4, -0.2) is 11.3 Å². The molecule has 0 heterocycles. The van der Waals surface area contributed by atoms with E-state index in [0.717, 1.165) is 22.0 Å². The standard InChI is InChI=1S/C19H25NO/c1-18(2,3)17(21)15-8-7-14-12-16(20-19(4,5)6)10-9-13(14)11-15/h7-12,20H,1-6H3. The first-order valence-corrected chi connectivity index (χ1v) is 7.43. The third-order valence-electron chi connectivity index (χ3n) is 3.30. The Hall–Kier alpha value is -1.83. The molecule has 1 N–H and O–H groups in total. The lowest BCUT2D eigenvalue weighted by atomic mass is 9.86. The summed E-state index contributed by atoms with van der Waals surface area (Å²) in [5.41, 5.74) is 1.58. The van der Waals surface area contributed by atoms with Crippen LogP contribution >= 0.6 is 0 Å². The van der Waals surface area contributed by atoms with Crippen LogP contribution in [0.5, 0.6) is 0 Å².